The van der Waals surface area contributed by atoms with Crippen molar-refractivity contribution in [1.82, 2.24) is 0 Å². The van der Waals surface area contributed by atoms with E-state index in [1.54, 1.807) is 21.3 Å². The molecule has 1 aromatic carbocycles. The lowest BCUT2D eigenvalue weighted by Gasteiger charge is -2.50. The smallest absolute Gasteiger partial charge is 0.203 e. The molecule has 0 heterocycles. The van der Waals surface area contributed by atoms with E-state index in [1.165, 1.54) is 0 Å². The number of alkyl halides is 1. The van der Waals surface area contributed by atoms with E-state index in [1.807, 2.05) is 12.1 Å². The summed E-state index contributed by atoms with van der Waals surface area (Å²) in [4.78, 5) is 0. The summed E-state index contributed by atoms with van der Waals surface area (Å²) in [6, 6.07) is 3.64. The first kappa shape index (κ1) is 16.1. The molecule has 3 unspecified atom stereocenters. The van der Waals surface area contributed by atoms with Crippen LogP contribution in [0, 0.1) is 5.41 Å². The van der Waals surface area contributed by atoms with Crippen LogP contribution in [0.3, 0.4) is 0 Å². The fourth-order valence-corrected chi connectivity index (χ4v) is 3.15. The van der Waals surface area contributed by atoms with Gasteiger partial charge in [0.1, 0.15) is 11.9 Å². The average molecular weight is 315 g/mol. The van der Waals surface area contributed by atoms with Crippen molar-refractivity contribution in [2.75, 3.05) is 21.3 Å². The molecule has 1 saturated carbocycles. The normalized spacial score (nSPS) is 27.7. The maximum Gasteiger partial charge on any atom is 0.203 e. The van der Waals surface area contributed by atoms with Crippen molar-refractivity contribution in [2.45, 2.75) is 38.2 Å². The van der Waals surface area contributed by atoms with E-state index in [4.69, 9.17) is 30.5 Å². The average Bonchev–Trinajstić information content (AvgIpc) is 2.52. The monoisotopic (exact) mass is 314 g/mol. The second-order valence-electron chi connectivity index (χ2n) is 5.53. The third-order valence-corrected chi connectivity index (χ3v) is 5.23. The Morgan fingerprint density at radius 1 is 1.14 bits per heavy atom. The molecule has 4 nitrogen and oxygen atoms in total. The summed E-state index contributed by atoms with van der Waals surface area (Å²) in [6.07, 6.45) is 1.94. The van der Waals surface area contributed by atoms with Crippen LogP contribution in [-0.4, -0.2) is 32.8 Å². The number of benzene rings is 1. The zero-order valence-electron chi connectivity index (χ0n) is 13.2. The van der Waals surface area contributed by atoms with Crippen LogP contribution < -0.4 is 18.9 Å². The number of hydrogen-bond donors (Lipinski definition) is 0. The van der Waals surface area contributed by atoms with Crippen LogP contribution in [0.15, 0.2) is 12.1 Å². The molecule has 1 aliphatic carbocycles. The van der Waals surface area contributed by atoms with E-state index in [-0.39, 0.29) is 16.9 Å². The zero-order valence-corrected chi connectivity index (χ0v) is 14.0. The minimum absolute atomic E-state index is 0.00194. The van der Waals surface area contributed by atoms with Crippen LogP contribution in [0.4, 0.5) is 0 Å². The lowest BCUT2D eigenvalue weighted by molar-refractivity contribution is -0.0296. The standard InChI is InChI=1S/C16H23ClO4/c1-6-16(2)13(17)9-14(16)21-10-7-11(18-3)15(20-5)12(8-10)19-4/h7-8,13-14H,6,9H2,1-5H3. The molecule has 3 atom stereocenters. The highest BCUT2D eigenvalue weighted by Gasteiger charge is 2.51. The SMILES string of the molecule is CCC1(C)C(Cl)CC1Oc1cc(OC)c(OC)c(OC)c1. The molecule has 1 fully saturated rings. The van der Waals surface area contributed by atoms with E-state index in [0.29, 0.717) is 23.0 Å². The van der Waals surface area contributed by atoms with Crippen LogP contribution in [-0.2, 0) is 0 Å². The van der Waals surface area contributed by atoms with E-state index in [0.717, 1.165) is 12.8 Å². The summed E-state index contributed by atoms with van der Waals surface area (Å²) in [5.74, 6) is 2.45. The topological polar surface area (TPSA) is 36.9 Å². The Morgan fingerprint density at radius 2 is 1.71 bits per heavy atom. The van der Waals surface area contributed by atoms with Crippen molar-refractivity contribution in [3.8, 4) is 23.0 Å². The van der Waals surface area contributed by atoms with Crippen molar-refractivity contribution in [3.05, 3.63) is 12.1 Å². The van der Waals surface area contributed by atoms with E-state index in [9.17, 15) is 0 Å². The van der Waals surface area contributed by atoms with E-state index in [2.05, 4.69) is 13.8 Å². The molecule has 0 radical (unpaired) electrons. The molecule has 1 aliphatic rings. The summed E-state index contributed by atoms with van der Waals surface area (Å²) >= 11 is 6.33. The third kappa shape index (κ3) is 2.73. The van der Waals surface area contributed by atoms with Crippen LogP contribution in [0.25, 0.3) is 0 Å². The first-order chi connectivity index (χ1) is 9.99. The molecule has 2 rings (SSSR count). The Kier molecular flexibility index (Phi) is 4.77. The predicted molar refractivity (Wildman–Crippen MR) is 83.2 cm³/mol. The van der Waals surface area contributed by atoms with Gasteiger partial charge in [-0.3, -0.25) is 0 Å². The fourth-order valence-electron chi connectivity index (χ4n) is 2.69. The second kappa shape index (κ2) is 6.22. The summed E-state index contributed by atoms with van der Waals surface area (Å²) in [6.45, 7) is 4.30. The molecule has 0 aliphatic heterocycles. The molecule has 5 heteroatoms. The van der Waals surface area contributed by atoms with Gasteiger partial charge in [0.25, 0.3) is 0 Å². The van der Waals surface area contributed by atoms with Crippen LogP contribution in [0.5, 0.6) is 23.0 Å². The minimum atomic E-state index is 0.00194. The molecule has 0 saturated heterocycles. The maximum absolute atomic E-state index is 6.33. The molecule has 21 heavy (non-hydrogen) atoms. The second-order valence-corrected chi connectivity index (χ2v) is 6.06. The number of halogens is 1. The van der Waals surface area contributed by atoms with Gasteiger partial charge in [-0.25, -0.2) is 0 Å². The lowest BCUT2D eigenvalue weighted by atomic mass is 9.65. The van der Waals surface area contributed by atoms with E-state index >= 15 is 0 Å². The molecular weight excluding hydrogens is 292 g/mol. The highest BCUT2D eigenvalue weighted by atomic mass is 35.5. The number of ether oxygens (including phenoxy) is 4. The molecule has 1 aromatic rings. The van der Waals surface area contributed by atoms with Gasteiger partial charge in [-0.05, 0) is 6.42 Å². The summed E-state index contributed by atoms with van der Waals surface area (Å²) in [5, 5.41) is 0.162. The Balaban J connectivity index is 2.25. The van der Waals surface area contributed by atoms with Crippen molar-refractivity contribution in [2.24, 2.45) is 5.41 Å². The Bertz CT molecular complexity index is 480. The van der Waals surface area contributed by atoms with Gasteiger partial charge in [0.15, 0.2) is 11.5 Å². The van der Waals surface area contributed by atoms with Gasteiger partial charge in [-0.2, -0.15) is 0 Å². The minimum Gasteiger partial charge on any atom is -0.493 e. The van der Waals surface area contributed by atoms with Gasteiger partial charge in [-0.1, -0.05) is 13.8 Å². The molecule has 0 N–H and O–H groups in total. The van der Waals surface area contributed by atoms with Gasteiger partial charge in [0.2, 0.25) is 5.75 Å². The van der Waals surface area contributed by atoms with E-state index < -0.39 is 0 Å². The molecule has 0 spiro atoms. The van der Waals surface area contributed by atoms with Crippen molar-refractivity contribution in [3.63, 3.8) is 0 Å². The van der Waals surface area contributed by atoms with Crippen LogP contribution >= 0.6 is 11.6 Å². The quantitative estimate of drug-likeness (QED) is 0.747. The van der Waals surface area contributed by atoms with Gasteiger partial charge in [0.05, 0.1) is 21.3 Å². The van der Waals surface area contributed by atoms with Crippen molar-refractivity contribution in [1.29, 1.82) is 0 Å². The Labute approximate surface area is 131 Å². The lowest BCUT2D eigenvalue weighted by Crippen LogP contribution is -2.55. The Hall–Kier alpha value is -1.29. The third-order valence-electron chi connectivity index (χ3n) is 4.55. The predicted octanol–water partition coefficient (Wildman–Crippen LogP) is 3.89. The summed E-state index contributed by atoms with van der Waals surface area (Å²) in [5.41, 5.74) is 0.00194. The highest BCUT2D eigenvalue weighted by molar-refractivity contribution is 6.21. The number of hydrogen-bond acceptors (Lipinski definition) is 4. The van der Waals surface area contributed by atoms with Crippen molar-refractivity contribution < 1.29 is 18.9 Å². The van der Waals surface area contributed by atoms with Crippen LogP contribution in [0.1, 0.15) is 26.7 Å². The first-order valence-corrected chi connectivity index (χ1v) is 7.54. The van der Waals surface area contributed by atoms with Gasteiger partial charge >= 0.3 is 0 Å². The largest absolute Gasteiger partial charge is 0.493 e. The number of methoxy groups -OCH3 is 3. The summed E-state index contributed by atoms with van der Waals surface area (Å²) in [7, 11) is 4.77. The molecule has 0 aromatic heterocycles. The van der Waals surface area contributed by atoms with Gasteiger partial charge < -0.3 is 18.9 Å². The maximum atomic E-state index is 6.33. The molecule has 0 amide bonds. The zero-order chi connectivity index (χ0) is 15.6. The molecule has 118 valence electrons. The van der Waals surface area contributed by atoms with Gasteiger partial charge in [0, 0.05) is 29.3 Å². The summed E-state index contributed by atoms with van der Waals surface area (Å²) < 4.78 is 22.1. The fraction of sp³-hybridized carbons (Fsp3) is 0.625. The molecular formula is C16H23ClO4. The Morgan fingerprint density at radius 3 is 2.10 bits per heavy atom. The van der Waals surface area contributed by atoms with Crippen molar-refractivity contribution >= 4 is 11.6 Å². The van der Waals surface area contributed by atoms with Crippen LogP contribution in [0.2, 0.25) is 0 Å². The molecule has 0 bridgehead atoms. The van der Waals surface area contributed by atoms with Gasteiger partial charge in [-0.15, -0.1) is 11.6 Å². The first-order valence-electron chi connectivity index (χ1n) is 7.10. The highest BCUT2D eigenvalue weighted by Crippen LogP contribution is 2.50. The number of rotatable bonds is 6.